The van der Waals surface area contributed by atoms with E-state index in [1.807, 2.05) is 25.8 Å². The minimum absolute atomic E-state index is 0.242. The van der Waals surface area contributed by atoms with Crippen molar-refractivity contribution in [3.63, 3.8) is 0 Å². The van der Waals surface area contributed by atoms with E-state index in [0.717, 1.165) is 12.4 Å². The summed E-state index contributed by atoms with van der Waals surface area (Å²) in [6, 6.07) is 5.57. The highest BCUT2D eigenvalue weighted by Gasteiger charge is 2.03. The number of nitrogens with zero attached hydrogens (tertiary/aromatic N) is 3. The Labute approximate surface area is 96.5 Å². The fourth-order valence-electron chi connectivity index (χ4n) is 1.24. The lowest BCUT2D eigenvalue weighted by Crippen LogP contribution is -2.24. The molecule has 0 saturated heterocycles. The van der Waals surface area contributed by atoms with E-state index in [2.05, 4.69) is 11.1 Å². The molecule has 0 aromatic carbocycles. The lowest BCUT2D eigenvalue weighted by molar-refractivity contribution is 0.0845. The van der Waals surface area contributed by atoms with Gasteiger partial charge in [-0.3, -0.25) is 0 Å². The lowest BCUT2D eigenvalue weighted by atomic mass is 10.3. The van der Waals surface area contributed by atoms with Gasteiger partial charge in [0.1, 0.15) is 5.82 Å². The maximum Gasteiger partial charge on any atom is 0.129 e. The quantitative estimate of drug-likeness (QED) is 0.758. The van der Waals surface area contributed by atoms with Crippen LogP contribution in [-0.4, -0.2) is 31.3 Å². The highest BCUT2D eigenvalue weighted by molar-refractivity contribution is 5.44. The van der Waals surface area contributed by atoms with Gasteiger partial charge in [0, 0.05) is 19.8 Å². The lowest BCUT2D eigenvalue weighted by Gasteiger charge is -2.18. The molecule has 1 rings (SSSR count). The molecule has 0 bridgehead atoms. The maximum atomic E-state index is 8.77. The Balaban J connectivity index is 2.52. The van der Waals surface area contributed by atoms with Crippen molar-refractivity contribution in [3.05, 3.63) is 23.9 Å². The Morgan fingerprint density at radius 3 is 2.94 bits per heavy atom. The van der Waals surface area contributed by atoms with Crippen LogP contribution < -0.4 is 4.90 Å². The van der Waals surface area contributed by atoms with E-state index in [1.165, 1.54) is 0 Å². The summed E-state index contributed by atoms with van der Waals surface area (Å²) < 4.78 is 5.46. The Bertz CT molecular complexity index is 371. The van der Waals surface area contributed by atoms with Crippen LogP contribution in [0.15, 0.2) is 18.3 Å². The van der Waals surface area contributed by atoms with E-state index in [1.54, 1.807) is 18.3 Å². The Kier molecular flexibility index (Phi) is 4.74. The van der Waals surface area contributed by atoms with E-state index in [9.17, 15) is 0 Å². The van der Waals surface area contributed by atoms with Crippen LogP contribution in [0.1, 0.15) is 19.4 Å². The third kappa shape index (κ3) is 3.87. The summed E-state index contributed by atoms with van der Waals surface area (Å²) >= 11 is 0. The minimum atomic E-state index is 0.242. The van der Waals surface area contributed by atoms with E-state index >= 15 is 0 Å². The number of anilines is 1. The second-order valence-electron chi connectivity index (χ2n) is 3.86. The predicted octanol–water partition coefficient (Wildman–Crippen LogP) is 1.81. The molecule has 1 aromatic heterocycles. The number of rotatable bonds is 5. The van der Waals surface area contributed by atoms with Gasteiger partial charge < -0.3 is 9.64 Å². The number of pyridine rings is 1. The van der Waals surface area contributed by atoms with Crippen LogP contribution in [0.25, 0.3) is 0 Å². The molecule has 0 fully saturated rings. The van der Waals surface area contributed by atoms with Gasteiger partial charge >= 0.3 is 0 Å². The zero-order valence-electron chi connectivity index (χ0n) is 9.97. The number of hydrogen-bond acceptors (Lipinski definition) is 4. The average molecular weight is 219 g/mol. The first-order valence-electron chi connectivity index (χ1n) is 5.32. The van der Waals surface area contributed by atoms with Gasteiger partial charge in [-0.05, 0) is 26.0 Å². The monoisotopic (exact) mass is 219 g/mol. The summed E-state index contributed by atoms with van der Waals surface area (Å²) in [6.45, 7) is 5.44. The molecule has 86 valence electrons. The molecule has 0 spiro atoms. The number of aromatic nitrogens is 1. The maximum absolute atomic E-state index is 8.77. The molecule has 0 aliphatic rings. The van der Waals surface area contributed by atoms with E-state index < -0.39 is 0 Å². The number of hydrogen-bond donors (Lipinski definition) is 0. The second-order valence-corrected chi connectivity index (χ2v) is 3.86. The Morgan fingerprint density at radius 1 is 1.56 bits per heavy atom. The smallest absolute Gasteiger partial charge is 0.129 e. The zero-order valence-corrected chi connectivity index (χ0v) is 9.97. The second kappa shape index (κ2) is 6.09. The molecule has 0 radical (unpaired) electrons. The average Bonchev–Trinajstić information content (AvgIpc) is 2.28. The molecule has 0 aliphatic carbocycles. The topological polar surface area (TPSA) is 49.1 Å². The first-order valence-corrected chi connectivity index (χ1v) is 5.32. The van der Waals surface area contributed by atoms with Crippen molar-refractivity contribution in [2.75, 3.05) is 25.1 Å². The highest BCUT2D eigenvalue weighted by atomic mass is 16.5. The summed E-state index contributed by atoms with van der Waals surface area (Å²) in [7, 11) is 1.94. The van der Waals surface area contributed by atoms with Crippen LogP contribution in [-0.2, 0) is 4.74 Å². The fraction of sp³-hybridized carbons (Fsp3) is 0.500. The van der Waals surface area contributed by atoms with Crippen molar-refractivity contribution in [2.45, 2.75) is 20.0 Å². The molecule has 16 heavy (non-hydrogen) atoms. The Hall–Kier alpha value is -1.60. The molecule has 0 N–H and O–H groups in total. The fourth-order valence-corrected chi connectivity index (χ4v) is 1.24. The van der Waals surface area contributed by atoms with Gasteiger partial charge in [0.05, 0.1) is 24.3 Å². The van der Waals surface area contributed by atoms with Crippen LogP contribution in [0.5, 0.6) is 0 Å². The van der Waals surface area contributed by atoms with Gasteiger partial charge in [-0.1, -0.05) is 0 Å². The predicted molar refractivity (Wildman–Crippen MR) is 63.3 cm³/mol. The first kappa shape index (κ1) is 12.5. The van der Waals surface area contributed by atoms with Gasteiger partial charge in [-0.15, -0.1) is 0 Å². The van der Waals surface area contributed by atoms with Crippen molar-refractivity contribution in [2.24, 2.45) is 0 Å². The molecule has 0 aliphatic heterocycles. The van der Waals surface area contributed by atoms with Gasteiger partial charge in [-0.2, -0.15) is 5.26 Å². The first-order chi connectivity index (χ1) is 7.63. The normalized spacial score (nSPS) is 10.2. The summed E-state index contributed by atoms with van der Waals surface area (Å²) in [5.74, 6) is 0.798. The van der Waals surface area contributed by atoms with Gasteiger partial charge in [0.25, 0.3) is 0 Å². The molecule has 0 atom stereocenters. The SMILES string of the molecule is CC(C)OCCN(C)c1cc(C#N)ccn1. The standard InChI is InChI=1S/C12H17N3O/c1-10(2)16-7-6-15(3)12-8-11(9-13)4-5-14-12/h4-5,8,10H,6-7H2,1-3H3. The van der Waals surface area contributed by atoms with Crippen LogP contribution in [0.4, 0.5) is 5.82 Å². The number of likely N-dealkylation sites (N-methyl/N-ethyl adjacent to an activating group) is 1. The highest BCUT2D eigenvalue weighted by Crippen LogP contribution is 2.09. The van der Waals surface area contributed by atoms with Gasteiger partial charge in [0.2, 0.25) is 0 Å². The molecule has 4 nitrogen and oxygen atoms in total. The third-order valence-electron chi connectivity index (χ3n) is 2.14. The molecule has 4 heteroatoms. The number of ether oxygens (including phenoxy) is 1. The van der Waals surface area contributed by atoms with E-state index in [-0.39, 0.29) is 6.10 Å². The van der Waals surface area contributed by atoms with Crippen molar-refractivity contribution in [3.8, 4) is 6.07 Å². The molecule has 0 amide bonds. The molecule has 1 heterocycles. The van der Waals surface area contributed by atoms with Crippen LogP contribution in [0.2, 0.25) is 0 Å². The third-order valence-corrected chi connectivity index (χ3v) is 2.14. The molecule has 0 saturated carbocycles. The van der Waals surface area contributed by atoms with Crippen LogP contribution in [0, 0.1) is 11.3 Å². The summed E-state index contributed by atoms with van der Waals surface area (Å²) in [5.41, 5.74) is 0.627. The number of nitriles is 1. The molecular formula is C12H17N3O. The molecular weight excluding hydrogens is 202 g/mol. The van der Waals surface area contributed by atoms with Gasteiger partial charge in [0.15, 0.2) is 0 Å². The largest absolute Gasteiger partial charge is 0.377 e. The summed E-state index contributed by atoms with van der Waals surface area (Å²) in [5, 5.41) is 8.77. The Morgan fingerprint density at radius 2 is 2.31 bits per heavy atom. The van der Waals surface area contributed by atoms with Crippen LogP contribution >= 0.6 is 0 Å². The summed E-state index contributed by atoms with van der Waals surface area (Å²) in [4.78, 5) is 6.18. The zero-order chi connectivity index (χ0) is 12.0. The van der Waals surface area contributed by atoms with Crippen molar-refractivity contribution in [1.29, 1.82) is 5.26 Å². The van der Waals surface area contributed by atoms with E-state index in [4.69, 9.17) is 10.00 Å². The molecule has 1 aromatic rings. The minimum Gasteiger partial charge on any atom is -0.377 e. The molecule has 0 unspecified atom stereocenters. The van der Waals surface area contributed by atoms with Crippen molar-refractivity contribution >= 4 is 5.82 Å². The van der Waals surface area contributed by atoms with Crippen molar-refractivity contribution in [1.82, 2.24) is 4.98 Å². The van der Waals surface area contributed by atoms with Crippen LogP contribution in [0.3, 0.4) is 0 Å². The van der Waals surface area contributed by atoms with Gasteiger partial charge in [-0.25, -0.2) is 4.98 Å². The summed E-state index contributed by atoms with van der Waals surface area (Å²) in [6.07, 6.45) is 1.89. The van der Waals surface area contributed by atoms with E-state index in [0.29, 0.717) is 12.2 Å². The van der Waals surface area contributed by atoms with Crippen molar-refractivity contribution < 1.29 is 4.74 Å².